The highest BCUT2D eigenvalue weighted by Gasteiger charge is 2.25. The summed E-state index contributed by atoms with van der Waals surface area (Å²) in [5.74, 6) is 0.568. The molecule has 0 spiro atoms. The Hall–Kier alpha value is -2.48. The summed E-state index contributed by atoms with van der Waals surface area (Å²) in [7, 11) is -0.974. The molecule has 0 radical (unpaired) electrons. The summed E-state index contributed by atoms with van der Waals surface area (Å²) >= 11 is 0. The minimum atomic E-state index is -0.974. The van der Waals surface area contributed by atoms with Gasteiger partial charge in [0.25, 0.3) is 0 Å². The van der Waals surface area contributed by atoms with Crippen LogP contribution in [-0.4, -0.2) is 48.1 Å². The summed E-state index contributed by atoms with van der Waals surface area (Å²) in [5.41, 5.74) is 1.47. The van der Waals surface area contributed by atoms with E-state index < -0.39 is 22.4 Å². The first-order valence-corrected chi connectivity index (χ1v) is 11.7. The Balaban J connectivity index is 1.50. The Morgan fingerprint density at radius 2 is 2.03 bits per heavy atom. The van der Waals surface area contributed by atoms with E-state index in [0.717, 1.165) is 18.1 Å². The Labute approximate surface area is 179 Å². The van der Waals surface area contributed by atoms with Crippen LogP contribution in [0.15, 0.2) is 53.5 Å². The lowest BCUT2D eigenvalue weighted by atomic mass is 10.2. The number of hydrogen-bond acceptors (Lipinski definition) is 3. The molecular formula is C22H28F2N4OS. The van der Waals surface area contributed by atoms with Crippen molar-refractivity contribution >= 4 is 22.4 Å². The number of nitrogens with zero attached hydrogens (tertiary/aromatic N) is 2. The number of halogens is 2. The molecule has 0 aromatic heterocycles. The molecule has 1 aliphatic heterocycles. The van der Waals surface area contributed by atoms with E-state index in [1.807, 2.05) is 42.2 Å². The fourth-order valence-electron chi connectivity index (χ4n) is 3.44. The fourth-order valence-corrected chi connectivity index (χ4v) is 4.44. The van der Waals surface area contributed by atoms with Gasteiger partial charge in [-0.1, -0.05) is 30.3 Å². The number of anilines is 1. The van der Waals surface area contributed by atoms with Gasteiger partial charge < -0.3 is 15.5 Å². The first kappa shape index (κ1) is 22.2. The molecule has 2 atom stereocenters. The van der Waals surface area contributed by atoms with Crippen LogP contribution < -0.4 is 15.5 Å². The molecule has 1 aliphatic rings. The third-order valence-electron chi connectivity index (χ3n) is 4.88. The first-order valence-electron chi connectivity index (χ1n) is 10.2. The maximum atomic E-state index is 14.0. The Morgan fingerprint density at radius 3 is 2.77 bits per heavy atom. The number of guanidine groups is 1. The molecule has 5 nitrogen and oxygen atoms in total. The fraction of sp³-hybridized carbons (Fsp3) is 0.409. The van der Waals surface area contributed by atoms with Crippen molar-refractivity contribution in [1.29, 1.82) is 0 Å². The number of benzene rings is 2. The normalized spacial score (nSPS) is 17.8. The van der Waals surface area contributed by atoms with Crippen LogP contribution in [0.1, 0.15) is 18.9 Å². The Kier molecular flexibility index (Phi) is 8.19. The average molecular weight is 435 g/mol. The van der Waals surface area contributed by atoms with Crippen LogP contribution in [0.25, 0.3) is 0 Å². The highest BCUT2D eigenvalue weighted by molar-refractivity contribution is 7.84. The van der Waals surface area contributed by atoms with Gasteiger partial charge in [-0.2, -0.15) is 0 Å². The summed E-state index contributed by atoms with van der Waals surface area (Å²) in [6, 6.07) is 13.6. The van der Waals surface area contributed by atoms with Gasteiger partial charge in [0.1, 0.15) is 11.6 Å². The molecule has 0 bridgehead atoms. The van der Waals surface area contributed by atoms with Crippen molar-refractivity contribution in [3.63, 3.8) is 0 Å². The van der Waals surface area contributed by atoms with E-state index in [1.54, 1.807) is 0 Å². The molecule has 2 aromatic rings. The highest BCUT2D eigenvalue weighted by Crippen LogP contribution is 2.24. The topological polar surface area (TPSA) is 56.7 Å². The highest BCUT2D eigenvalue weighted by atomic mass is 32.2. The summed E-state index contributed by atoms with van der Waals surface area (Å²) in [5, 5.41) is 6.58. The monoisotopic (exact) mass is 434 g/mol. The number of nitrogens with one attached hydrogen (secondary N) is 2. The molecule has 1 heterocycles. The second-order valence-electron chi connectivity index (χ2n) is 7.21. The van der Waals surface area contributed by atoms with Gasteiger partial charge in [0, 0.05) is 54.0 Å². The lowest BCUT2D eigenvalue weighted by molar-refractivity contribution is 0.580. The van der Waals surface area contributed by atoms with Crippen molar-refractivity contribution in [1.82, 2.24) is 10.6 Å². The zero-order chi connectivity index (χ0) is 21.3. The van der Waals surface area contributed by atoms with E-state index in [1.165, 1.54) is 12.1 Å². The van der Waals surface area contributed by atoms with Gasteiger partial charge >= 0.3 is 0 Å². The minimum Gasteiger partial charge on any atom is -0.367 e. The lowest BCUT2D eigenvalue weighted by Gasteiger charge is -2.21. The largest absolute Gasteiger partial charge is 0.367 e. The summed E-state index contributed by atoms with van der Waals surface area (Å²) < 4.78 is 39.5. The van der Waals surface area contributed by atoms with Crippen LogP contribution in [0.3, 0.4) is 0 Å². The van der Waals surface area contributed by atoms with E-state index >= 15 is 0 Å². The lowest BCUT2D eigenvalue weighted by Crippen LogP contribution is -2.44. The first-order chi connectivity index (χ1) is 14.5. The summed E-state index contributed by atoms with van der Waals surface area (Å²) in [6.45, 7) is 4.44. The van der Waals surface area contributed by atoms with Crippen molar-refractivity contribution in [2.75, 3.05) is 36.8 Å². The quantitative estimate of drug-likeness (QED) is 0.495. The van der Waals surface area contributed by atoms with Crippen molar-refractivity contribution in [3.8, 4) is 0 Å². The van der Waals surface area contributed by atoms with Gasteiger partial charge in [-0.25, -0.2) is 8.78 Å². The molecule has 8 heteroatoms. The van der Waals surface area contributed by atoms with E-state index in [9.17, 15) is 13.0 Å². The SMILES string of the molecule is CCNC(=NCCS(=O)Cc1ccccc1)NC1CCN(c2ccc(F)cc2F)C1. The minimum absolute atomic E-state index is 0.0991. The van der Waals surface area contributed by atoms with Crippen LogP contribution in [0.2, 0.25) is 0 Å². The van der Waals surface area contributed by atoms with Gasteiger partial charge in [-0.15, -0.1) is 0 Å². The molecule has 2 unspecified atom stereocenters. The standard InChI is InChI=1S/C22H28F2N4OS/c1-2-25-22(26-11-13-30(29)16-17-6-4-3-5-7-17)27-19-10-12-28(15-19)21-9-8-18(23)14-20(21)24/h3-9,14,19H,2,10-13,15-16H2,1H3,(H2,25,26,27). The van der Waals surface area contributed by atoms with Gasteiger partial charge in [0.15, 0.2) is 5.96 Å². The van der Waals surface area contributed by atoms with Gasteiger partial charge in [0.05, 0.1) is 12.2 Å². The number of rotatable bonds is 8. The van der Waals surface area contributed by atoms with Gasteiger partial charge in [0.2, 0.25) is 0 Å². The predicted octanol–water partition coefficient (Wildman–Crippen LogP) is 3.05. The number of hydrogen-bond donors (Lipinski definition) is 2. The zero-order valence-corrected chi connectivity index (χ0v) is 17.9. The third kappa shape index (κ3) is 6.52. The maximum absolute atomic E-state index is 14.0. The van der Waals surface area contributed by atoms with Crippen molar-refractivity contribution in [2.24, 2.45) is 4.99 Å². The van der Waals surface area contributed by atoms with Crippen LogP contribution >= 0.6 is 0 Å². The zero-order valence-electron chi connectivity index (χ0n) is 17.1. The van der Waals surface area contributed by atoms with Crippen LogP contribution in [-0.2, 0) is 16.6 Å². The predicted molar refractivity (Wildman–Crippen MR) is 119 cm³/mol. The van der Waals surface area contributed by atoms with Gasteiger partial charge in [-0.05, 0) is 31.0 Å². The molecular weight excluding hydrogens is 406 g/mol. The molecule has 0 amide bonds. The third-order valence-corrected chi connectivity index (χ3v) is 6.18. The molecule has 2 aromatic carbocycles. The summed E-state index contributed by atoms with van der Waals surface area (Å²) in [4.78, 5) is 6.45. The van der Waals surface area contributed by atoms with Crippen LogP contribution in [0, 0.1) is 11.6 Å². The van der Waals surface area contributed by atoms with Gasteiger partial charge in [-0.3, -0.25) is 9.20 Å². The second-order valence-corrected chi connectivity index (χ2v) is 8.78. The molecule has 30 heavy (non-hydrogen) atoms. The molecule has 162 valence electrons. The van der Waals surface area contributed by atoms with E-state index in [4.69, 9.17) is 0 Å². The maximum Gasteiger partial charge on any atom is 0.191 e. The molecule has 0 saturated carbocycles. The molecule has 0 aliphatic carbocycles. The van der Waals surface area contributed by atoms with Crippen molar-refractivity contribution in [3.05, 3.63) is 65.7 Å². The van der Waals surface area contributed by atoms with Crippen molar-refractivity contribution < 1.29 is 13.0 Å². The molecule has 1 fully saturated rings. The van der Waals surface area contributed by atoms with E-state index in [-0.39, 0.29) is 6.04 Å². The Bertz CT molecular complexity index is 879. The molecule has 2 N–H and O–H groups in total. The average Bonchev–Trinajstić information content (AvgIpc) is 3.17. The smallest absolute Gasteiger partial charge is 0.191 e. The number of aliphatic imine (C=N–C) groups is 1. The molecule has 3 rings (SSSR count). The molecule has 1 saturated heterocycles. The van der Waals surface area contributed by atoms with Crippen LogP contribution in [0.5, 0.6) is 0 Å². The van der Waals surface area contributed by atoms with Crippen LogP contribution in [0.4, 0.5) is 14.5 Å². The van der Waals surface area contributed by atoms with E-state index in [2.05, 4.69) is 15.6 Å². The van der Waals surface area contributed by atoms with Crippen molar-refractivity contribution in [2.45, 2.75) is 25.1 Å². The Morgan fingerprint density at radius 1 is 1.23 bits per heavy atom. The summed E-state index contributed by atoms with van der Waals surface area (Å²) in [6.07, 6.45) is 0.821. The van der Waals surface area contributed by atoms with E-state index in [0.29, 0.717) is 49.3 Å². The second kappa shape index (κ2) is 11.1.